The Labute approximate surface area is 170 Å². The van der Waals surface area contributed by atoms with Crippen molar-refractivity contribution in [2.24, 2.45) is 0 Å². The molecule has 0 saturated carbocycles. The number of fused-ring (bicyclic) bond motifs is 1. The van der Waals surface area contributed by atoms with E-state index in [-0.39, 0.29) is 31.0 Å². The average Bonchev–Trinajstić information content (AvgIpc) is 3.09. The molecule has 2 amide bonds. The molecule has 1 unspecified atom stereocenters. The van der Waals surface area contributed by atoms with E-state index in [1.807, 2.05) is 5.32 Å². The van der Waals surface area contributed by atoms with Crippen molar-refractivity contribution in [3.05, 3.63) is 46.8 Å². The molecule has 3 rings (SSSR count). The molecule has 14 heteroatoms. The zero-order valence-electron chi connectivity index (χ0n) is 15.6. The summed E-state index contributed by atoms with van der Waals surface area (Å²) in [7, 11) is 0. The van der Waals surface area contributed by atoms with Crippen LogP contribution in [0.2, 0.25) is 0 Å². The minimum atomic E-state index is -4.71. The molecule has 2 aromatic rings. The molecule has 0 spiro atoms. The second-order valence-corrected chi connectivity index (χ2v) is 6.82. The molecule has 0 saturated heterocycles. The van der Waals surface area contributed by atoms with Crippen molar-refractivity contribution in [1.82, 2.24) is 25.0 Å². The van der Waals surface area contributed by atoms with E-state index in [4.69, 9.17) is 5.11 Å². The Morgan fingerprint density at radius 1 is 1.10 bits per heavy atom. The van der Waals surface area contributed by atoms with E-state index in [0.29, 0.717) is 12.1 Å². The zero-order valence-corrected chi connectivity index (χ0v) is 15.6. The van der Waals surface area contributed by atoms with E-state index in [1.165, 1.54) is 0 Å². The first kappa shape index (κ1) is 22.4. The van der Waals surface area contributed by atoms with Crippen molar-refractivity contribution in [2.45, 2.75) is 38.1 Å². The van der Waals surface area contributed by atoms with Gasteiger partial charge in [0.1, 0.15) is 5.82 Å². The van der Waals surface area contributed by atoms with Gasteiger partial charge in [0.25, 0.3) is 0 Å². The summed E-state index contributed by atoms with van der Waals surface area (Å²) in [4.78, 5) is 24.8. The van der Waals surface area contributed by atoms with Gasteiger partial charge in [0.05, 0.1) is 6.54 Å². The highest BCUT2D eigenvalue weighted by Gasteiger charge is 2.40. The van der Waals surface area contributed by atoms with Gasteiger partial charge >= 0.3 is 12.3 Å². The summed E-state index contributed by atoms with van der Waals surface area (Å²) in [5, 5.41) is 17.5. The number of carboxylic acid groups (broad SMARTS) is 1. The largest absolute Gasteiger partial charge is 0.465 e. The van der Waals surface area contributed by atoms with Crippen LogP contribution in [0.3, 0.4) is 0 Å². The minimum absolute atomic E-state index is 0.0960. The number of nitrogens with zero attached hydrogens (tertiary/aromatic N) is 4. The predicted octanol–water partition coefficient (Wildman–Crippen LogP) is 2.33. The fourth-order valence-electron chi connectivity index (χ4n) is 3.25. The summed E-state index contributed by atoms with van der Waals surface area (Å²) in [6.45, 7) is -0.634. The summed E-state index contributed by atoms with van der Waals surface area (Å²) in [5.74, 6) is -5.81. The average molecular weight is 451 g/mol. The minimum Gasteiger partial charge on any atom is -0.465 e. The highest BCUT2D eigenvalue weighted by Crippen LogP contribution is 2.29. The van der Waals surface area contributed by atoms with Gasteiger partial charge in [0, 0.05) is 31.6 Å². The SMILES string of the molecule is O=C(O)NC(CC(=O)N1CCn2c(nnc2C(F)(F)F)C1)Cc1cc(F)c(F)cc1F. The van der Waals surface area contributed by atoms with E-state index >= 15 is 0 Å². The molecule has 0 bridgehead atoms. The number of halogens is 6. The lowest BCUT2D eigenvalue weighted by Crippen LogP contribution is -2.44. The second kappa shape index (κ2) is 8.43. The van der Waals surface area contributed by atoms with Crippen LogP contribution < -0.4 is 5.32 Å². The summed E-state index contributed by atoms with van der Waals surface area (Å²) in [6, 6.07) is -0.330. The number of hydrogen-bond donors (Lipinski definition) is 2. The van der Waals surface area contributed by atoms with Crippen LogP contribution in [0, 0.1) is 17.5 Å². The first-order valence-electron chi connectivity index (χ1n) is 8.85. The molecule has 0 aliphatic carbocycles. The Morgan fingerprint density at radius 2 is 1.77 bits per heavy atom. The molecule has 0 radical (unpaired) electrons. The highest BCUT2D eigenvalue weighted by atomic mass is 19.4. The Kier molecular flexibility index (Phi) is 6.08. The highest BCUT2D eigenvalue weighted by molar-refractivity contribution is 5.77. The molecule has 1 aliphatic heterocycles. The van der Waals surface area contributed by atoms with E-state index in [2.05, 4.69) is 10.2 Å². The molecule has 1 atom stereocenters. The third-order valence-corrected chi connectivity index (χ3v) is 4.66. The third-order valence-electron chi connectivity index (χ3n) is 4.66. The van der Waals surface area contributed by atoms with Crippen LogP contribution in [0.25, 0.3) is 0 Å². The van der Waals surface area contributed by atoms with Crippen LogP contribution in [-0.2, 0) is 30.5 Å². The van der Waals surface area contributed by atoms with Gasteiger partial charge in [-0.1, -0.05) is 0 Å². The maximum absolute atomic E-state index is 13.9. The van der Waals surface area contributed by atoms with Gasteiger partial charge in [-0.3, -0.25) is 4.79 Å². The van der Waals surface area contributed by atoms with Gasteiger partial charge in [0.2, 0.25) is 11.7 Å². The van der Waals surface area contributed by atoms with Gasteiger partial charge in [-0.2, -0.15) is 13.2 Å². The van der Waals surface area contributed by atoms with Crippen LogP contribution in [0.4, 0.5) is 31.1 Å². The monoisotopic (exact) mass is 451 g/mol. The maximum atomic E-state index is 13.9. The molecule has 1 aliphatic rings. The topological polar surface area (TPSA) is 100 Å². The third kappa shape index (κ3) is 5.06. The van der Waals surface area contributed by atoms with Gasteiger partial charge in [-0.25, -0.2) is 18.0 Å². The standard InChI is InChI=1S/C17H15F6N5O3/c18-10-6-12(20)11(19)4-8(10)3-9(24-16(30)31)5-14(29)27-1-2-28-13(7-27)25-26-15(28)17(21,22)23/h4,6,9,24H,1-3,5,7H2,(H,30,31). The number of carbonyl (C=O) groups excluding carboxylic acids is 1. The summed E-state index contributed by atoms with van der Waals surface area (Å²) >= 11 is 0. The number of aromatic nitrogens is 3. The van der Waals surface area contributed by atoms with Crippen LogP contribution in [0.5, 0.6) is 0 Å². The number of alkyl halides is 3. The fraction of sp³-hybridized carbons (Fsp3) is 0.412. The molecule has 31 heavy (non-hydrogen) atoms. The predicted molar refractivity (Wildman–Crippen MR) is 90.0 cm³/mol. The van der Waals surface area contributed by atoms with Crippen molar-refractivity contribution in [1.29, 1.82) is 0 Å². The summed E-state index contributed by atoms with van der Waals surface area (Å²) in [6.07, 6.45) is -7.19. The number of amides is 2. The number of carbonyl (C=O) groups is 2. The molecule has 2 N–H and O–H groups in total. The molecule has 8 nitrogen and oxygen atoms in total. The lowest BCUT2D eigenvalue weighted by molar-refractivity contribution is -0.148. The van der Waals surface area contributed by atoms with Crippen molar-refractivity contribution in [3.63, 3.8) is 0 Å². The van der Waals surface area contributed by atoms with E-state index in [0.717, 1.165) is 9.47 Å². The lowest BCUT2D eigenvalue weighted by atomic mass is 10.0. The first-order valence-corrected chi connectivity index (χ1v) is 8.85. The summed E-state index contributed by atoms with van der Waals surface area (Å²) < 4.78 is 79.9. The second-order valence-electron chi connectivity index (χ2n) is 6.82. The Hall–Kier alpha value is -3.32. The Balaban J connectivity index is 1.72. The number of nitrogens with one attached hydrogen (secondary N) is 1. The van der Waals surface area contributed by atoms with Crippen molar-refractivity contribution in [3.8, 4) is 0 Å². The zero-order chi connectivity index (χ0) is 22.9. The van der Waals surface area contributed by atoms with Crippen LogP contribution >= 0.6 is 0 Å². The molecule has 168 valence electrons. The fourth-order valence-corrected chi connectivity index (χ4v) is 3.25. The first-order chi connectivity index (χ1) is 14.5. The van der Waals surface area contributed by atoms with Crippen molar-refractivity contribution < 1.29 is 41.0 Å². The van der Waals surface area contributed by atoms with Crippen LogP contribution in [0.1, 0.15) is 23.6 Å². The summed E-state index contributed by atoms with van der Waals surface area (Å²) in [5.41, 5.74) is -0.348. The van der Waals surface area contributed by atoms with Crippen LogP contribution in [-0.4, -0.2) is 49.4 Å². The van der Waals surface area contributed by atoms with Gasteiger partial charge in [0.15, 0.2) is 17.5 Å². The molecule has 1 aromatic carbocycles. The van der Waals surface area contributed by atoms with Gasteiger partial charge in [-0.05, 0) is 18.1 Å². The molecule has 1 aromatic heterocycles. The smallest absolute Gasteiger partial charge is 0.451 e. The van der Waals surface area contributed by atoms with Crippen molar-refractivity contribution in [2.75, 3.05) is 6.54 Å². The Morgan fingerprint density at radius 3 is 2.42 bits per heavy atom. The number of rotatable bonds is 5. The van der Waals surface area contributed by atoms with Gasteiger partial charge < -0.3 is 19.9 Å². The van der Waals surface area contributed by atoms with E-state index < -0.39 is 60.3 Å². The molecule has 2 heterocycles. The van der Waals surface area contributed by atoms with E-state index in [9.17, 15) is 35.9 Å². The van der Waals surface area contributed by atoms with Gasteiger partial charge in [-0.15, -0.1) is 10.2 Å². The molecular weight excluding hydrogens is 436 g/mol. The normalized spacial score (nSPS) is 14.8. The van der Waals surface area contributed by atoms with Crippen LogP contribution in [0.15, 0.2) is 12.1 Å². The Bertz CT molecular complexity index is 1010. The molecular formula is C17H15F6N5O3. The van der Waals surface area contributed by atoms with E-state index in [1.54, 1.807) is 0 Å². The maximum Gasteiger partial charge on any atom is 0.451 e. The number of benzene rings is 1. The number of hydrogen-bond acceptors (Lipinski definition) is 4. The van der Waals surface area contributed by atoms with Crippen molar-refractivity contribution >= 4 is 12.0 Å². The lowest BCUT2D eigenvalue weighted by Gasteiger charge is -2.29. The quantitative estimate of drug-likeness (QED) is 0.537. The molecule has 0 fully saturated rings.